The molecule has 0 aliphatic rings. The van der Waals surface area contributed by atoms with Crippen molar-refractivity contribution >= 4 is 17.2 Å². The van der Waals surface area contributed by atoms with Gasteiger partial charge in [-0.1, -0.05) is 0 Å². The van der Waals surface area contributed by atoms with Crippen molar-refractivity contribution in [3.05, 3.63) is 65.2 Å². The van der Waals surface area contributed by atoms with Gasteiger partial charge in [-0.05, 0) is 43.2 Å². The molecule has 1 amide bonds. The standard InChI is InChI=1S/C19H20N4OS/c1-14-17(25-19(22-14)16-5-10-21-11-6-16)13-18(24)23(2)12-7-15-3-8-20-9-4-15/h3-6,8-11H,7,12-13H2,1-2H3. The summed E-state index contributed by atoms with van der Waals surface area (Å²) >= 11 is 1.58. The molecule has 3 aromatic heterocycles. The number of amides is 1. The molecule has 3 rings (SSSR count). The topological polar surface area (TPSA) is 59.0 Å². The van der Waals surface area contributed by atoms with Gasteiger partial charge < -0.3 is 4.90 Å². The Hall–Kier alpha value is -2.60. The number of aromatic nitrogens is 3. The summed E-state index contributed by atoms with van der Waals surface area (Å²) in [6.07, 6.45) is 8.28. The van der Waals surface area contributed by atoms with Crippen molar-refractivity contribution in [1.82, 2.24) is 19.9 Å². The molecule has 0 atom stereocenters. The Morgan fingerprint density at radius 3 is 2.40 bits per heavy atom. The molecule has 3 aromatic rings. The van der Waals surface area contributed by atoms with Gasteiger partial charge in [-0.2, -0.15) is 0 Å². The van der Waals surface area contributed by atoms with E-state index < -0.39 is 0 Å². The number of hydrogen-bond donors (Lipinski definition) is 0. The minimum atomic E-state index is 0.113. The molecule has 3 heterocycles. The summed E-state index contributed by atoms with van der Waals surface area (Å²) in [6, 6.07) is 7.83. The number of rotatable bonds is 6. The summed E-state index contributed by atoms with van der Waals surface area (Å²) in [6.45, 7) is 2.65. The van der Waals surface area contributed by atoms with Gasteiger partial charge in [0.15, 0.2) is 0 Å². The van der Waals surface area contributed by atoms with Gasteiger partial charge in [0.05, 0.1) is 12.1 Å². The lowest BCUT2D eigenvalue weighted by Gasteiger charge is -2.16. The van der Waals surface area contributed by atoms with Crippen molar-refractivity contribution in [2.45, 2.75) is 19.8 Å². The third-order valence-electron chi connectivity index (χ3n) is 4.04. The fourth-order valence-corrected chi connectivity index (χ4v) is 3.51. The average molecular weight is 352 g/mol. The van der Waals surface area contributed by atoms with E-state index in [4.69, 9.17) is 0 Å². The monoisotopic (exact) mass is 352 g/mol. The Morgan fingerprint density at radius 2 is 1.72 bits per heavy atom. The van der Waals surface area contributed by atoms with Gasteiger partial charge in [0.2, 0.25) is 5.91 Å². The molecule has 0 radical (unpaired) electrons. The summed E-state index contributed by atoms with van der Waals surface area (Å²) in [5, 5.41) is 0.933. The smallest absolute Gasteiger partial charge is 0.227 e. The minimum Gasteiger partial charge on any atom is -0.345 e. The van der Waals surface area contributed by atoms with E-state index in [2.05, 4.69) is 15.0 Å². The third-order valence-corrected chi connectivity index (χ3v) is 5.25. The van der Waals surface area contributed by atoms with Gasteiger partial charge in [0.1, 0.15) is 5.01 Å². The van der Waals surface area contributed by atoms with Gasteiger partial charge in [-0.3, -0.25) is 14.8 Å². The van der Waals surface area contributed by atoms with Crippen molar-refractivity contribution in [2.24, 2.45) is 0 Å². The number of aryl methyl sites for hydroxylation is 1. The van der Waals surface area contributed by atoms with Crippen LogP contribution < -0.4 is 0 Å². The maximum absolute atomic E-state index is 12.5. The van der Waals surface area contributed by atoms with E-state index in [1.54, 1.807) is 41.0 Å². The second-order valence-electron chi connectivity index (χ2n) is 5.86. The van der Waals surface area contributed by atoms with Crippen molar-refractivity contribution in [3.8, 4) is 10.6 Å². The van der Waals surface area contributed by atoms with Crippen LogP contribution in [0.2, 0.25) is 0 Å². The van der Waals surface area contributed by atoms with Crippen LogP contribution in [-0.2, 0) is 17.6 Å². The first-order valence-corrected chi connectivity index (χ1v) is 8.94. The van der Waals surface area contributed by atoms with E-state index in [1.807, 2.05) is 38.2 Å². The lowest BCUT2D eigenvalue weighted by Crippen LogP contribution is -2.30. The quantitative estimate of drug-likeness (QED) is 0.684. The number of pyridine rings is 2. The highest BCUT2D eigenvalue weighted by atomic mass is 32.1. The molecule has 25 heavy (non-hydrogen) atoms. The van der Waals surface area contributed by atoms with Crippen LogP contribution in [0, 0.1) is 6.92 Å². The first kappa shape index (κ1) is 17.2. The minimum absolute atomic E-state index is 0.113. The van der Waals surface area contributed by atoms with Crippen molar-refractivity contribution in [1.29, 1.82) is 0 Å². The average Bonchev–Trinajstić information content (AvgIpc) is 3.02. The molecule has 0 aliphatic heterocycles. The fourth-order valence-electron chi connectivity index (χ4n) is 2.45. The summed E-state index contributed by atoms with van der Waals surface area (Å²) < 4.78 is 0. The lowest BCUT2D eigenvalue weighted by molar-refractivity contribution is -0.129. The van der Waals surface area contributed by atoms with Crippen LogP contribution in [0.1, 0.15) is 16.1 Å². The maximum atomic E-state index is 12.5. The van der Waals surface area contributed by atoms with Gasteiger partial charge in [-0.25, -0.2) is 4.98 Å². The van der Waals surface area contributed by atoms with Gasteiger partial charge in [0.25, 0.3) is 0 Å². The molecule has 0 saturated carbocycles. The molecular formula is C19H20N4OS. The number of thiazole rings is 1. The molecule has 0 saturated heterocycles. The zero-order valence-corrected chi connectivity index (χ0v) is 15.2. The zero-order chi connectivity index (χ0) is 17.6. The van der Waals surface area contributed by atoms with Crippen molar-refractivity contribution < 1.29 is 4.79 Å². The molecule has 0 aromatic carbocycles. The maximum Gasteiger partial charge on any atom is 0.227 e. The van der Waals surface area contributed by atoms with Crippen LogP contribution in [0.3, 0.4) is 0 Å². The Balaban J connectivity index is 1.61. The van der Waals surface area contributed by atoms with Crippen molar-refractivity contribution in [3.63, 3.8) is 0 Å². The Morgan fingerprint density at radius 1 is 1.08 bits per heavy atom. The molecule has 0 fully saturated rings. The van der Waals surface area contributed by atoms with Gasteiger partial charge >= 0.3 is 0 Å². The fraction of sp³-hybridized carbons (Fsp3) is 0.263. The summed E-state index contributed by atoms with van der Waals surface area (Å²) in [7, 11) is 1.85. The SMILES string of the molecule is Cc1nc(-c2ccncc2)sc1CC(=O)N(C)CCc1ccncc1. The molecule has 0 N–H and O–H groups in total. The van der Waals surface area contributed by atoms with Crippen LogP contribution in [0.4, 0.5) is 0 Å². The van der Waals surface area contributed by atoms with Crippen LogP contribution in [0.5, 0.6) is 0 Å². The highest BCUT2D eigenvalue weighted by molar-refractivity contribution is 7.15. The second kappa shape index (κ2) is 7.98. The van der Waals surface area contributed by atoms with E-state index in [1.165, 1.54) is 5.56 Å². The lowest BCUT2D eigenvalue weighted by atomic mass is 10.2. The van der Waals surface area contributed by atoms with Crippen molar-refractivity contribution in [2.75, 3.05) is 13.6 Å². The number of hydrogen-bond acceptors (Lipinski definition) is 5. The van der Waals surface area contributed by atoms with Crippen LogP contribution >= 0.6 is 11.3 Å². The summed E-state index contributed by atoms with van der Waals surface area (Å²) in [5.74, 6) is 0.113. The molecular weight excluding hydrogens is 332 g/mol. The summed E-state index contributed by atoms with van der Waals surface area (Å²) in [4.78, 5) is 28.0. The van der Waals surface area contributed by atoms with E-state index in [9.17, 15) is 4.79 Å². The normalized spacial score (nSPS) is 10.6. The summed E-state index contributed by atoms with van der Waals surface area (Å²) in [5.41, 5.74) is 3.14. The number of nitrogens with zero attached hydrogens (tertiary/aromatic N) is 4. The van der Waals surface area contributed by atoms with Crippen LogP contribution in [-0.4, -0.2) is 39.4 Å². The molecule has 5 nitrogen and oxygen atoms in total. The largest absolute Gasteiger partial charge is 0.345 e. The number of likely N-dealkylation sites (N-methyl/N-ethyl adjacent to an activating group) is 1. The first-order valence-electron chi connectivity index (χ1n) is 8.13. The predicted molar refractivity (Wildman–Crippen MR) is 99.4 cm³/mol. The second-order valence-corrected chi connectivity index (χ2v) is 6.94. The van der Waals surface area contributed by atoms with Gasteiger partial charge in [-0.15, -0.1) is 11.3 Å². The Bertz CT molecular complexity index is 833. The molecule has 6 heteroatoms. The molecule has 128 valence electrons. The number of carbonyl (C=O) groups excluding carboxylic acids is 1. The van der Waals surface area contributed by atoms with Gasteiger partial charge in [0, 0.05) is 48.8 Å². The molecule has 0 spiro atoms. The molecule has 0 unspecified atom stereocenters. The highest BCUT2D eigenvalue weighted by Gasteiger charge is 2.15. The molecule has 0 aliphatic carbocycles. The van der Waals surface area contributed by atoms with E-state index in [0.717, 1.165) is 27.6 Å². The molecule has 0 bridgehead atoms. The highest BCUT2D eigenvalue weighted by Crippen LogP contribution is 2.28. The Labute approximate surface area is 151 Å². The number of carbonyl (C=O) groups is 1. The third kappa shape index (κ3) is 4.48. The predicted octanol–water partition coefficient (Wildman–Crippen LogP) is 3.15. The van der Waals surface area contributed by atoms with E-state index in [-0.39, 0.29) is 5.91 Å². The Kier molecular flexibility index (Phi) is 5.50. The van der Waals surface area contributed by atoms with E-state index in [0.29, 0.717) is 13.0 Å². The van der Waals surface area contributed by atoms with E-state index >= 15 is 0 Å². The first-order chi connectivity index (χ1) is 12.1. The zero-order valence-electron chi connectivity index (χ0n) is 14.3. The van der Waals surface area contributed by atoms with Crippen LogP contribution in [0.15, 0.2) is 49.1 Å². The van der Waals surface area contributed by atoms with Crippen LogP contribution in [0.25, 0.3) is 10.6 Å².